The lowest BCUT2D eigenvalue weighted by atomic mass is 9.86. The number of nitrogens with zero attached hydrogens (tertiary/aromatic N) is 11. The minimum Gasteiger partial charge on any atom is -0.317 e. The van der Waals surface area contributed by atoms with Crippen molar-refractivity contribution in [3.8, 4) is 22.9 Å². The maximum atomic E-state index is 14.9. The van der Waals surface area contributed by atoms with E-state index in [0.717, 1.165) is 65.1 Å². The molecule has 13 nitrogen and oxygen atoms in total. The predicted molar refractivity (Wildman–Crippen MR) is 212 cm³/mol. The van der Waals surface area contributed by atoms with E-state index in [1.807, 2.05) is 45.2 Å². The molecule has 3 fully saturated rings. The Hall–Kier alpha value is -5.93. The molecule has 11 rings (SSSR count). The van der Waals surface area contributed by atoms with E-state index in [1.54, 1.807) is 27.4 Å². The minimum absolute atomic E-state index is 0.226. The summed E-state index contributed by atoms with van der Waals surface area (Å²) in [6.45, 7) is 7.61. The van der Waals surface area contributed by atoms with Gasteiger partial charge in [0.05, 0.1) is 23.1 Å². The summed E-state index contributed by atoms with van der Waals surface area (Å²) in [5.41, 5.74) is 9.36. The highest BCUT2D eigenvalue weighted by Crippen LogP contribution is 2.38. The Morgan fingerprint density at radius 2 is 1.37 bits per heavy atom. The number of aromatic nitrogens is 11. The standard InChI is InChI=1S/C22H21FN6.C20H20FN7/c1-12-10-29-11-15(8-18(23)22(29)24-12)21-26-19-5-2-13(9-20(19)27-28-21)14-6-16-3-4-17(7-14)25-16;1-11-7-17(27-28-10-12(2)23-20(11)28)19-24-18-15(21)8-14(9-16(18)25-26-19)13-3-5-22-6-4-13/h2,5,8-11,14,16-17,25H,3-4,6-7H2,1H3;7-10,13,22H,3-6H2,1-2H3. The van der Waals surface area contributed by atoms with Crippen LogP contribution < -0.4 is 10.6 Å². The molecule has 0 amide bonds. The maximum absolute atomic E-state index is 14.9. The molecule has 2 unspecified atom stereocenters. The van der Waals surface area contributed by atoms with E-state index in [4.69, 9.17) is 0 Å². The van der Waals surface area contributed by atoms with Crippen molar-refractivity contribution in [3.05, 3.63) is 101 Å². The number of aryl methyl sites for hydroxylation is 3. The molecule has 0 saturated carbocycles. The van der Waals surface area contributed by atoms with Crippen LogP contribution in [-0.4, -0.2) is 79.5 Å². The molecule has 2 N–H and O–H groups in total. The van der Waals surface area contributed by atoms with E-state index in [0.29, 0.717) is 58.0 Å². The summed E-state index contributed by atoms with van der Waals surface area (Å²) in [6, 6.07) is 14.4. The van der Waals surface area contributed by atoms with E-state index in [9.17, 15) is 8.78 Å². The Balaban J connectivity index is 0.000000139. The number of rotatable bonds is 4. The highest BCUT2D eigenvalue weighted by molar-refractivity contribution is 5.78. The van der Waals surface area contributed by atoms with E-state index >= 15 is 0 Å². The number of hydrogen-bond donors (Lipinski definition) is 2. The van der Waals surface area contributed by atoms with Crippen molar-refractivity contribution in [1.82, 2.24) is 65.0 Å². The van der Waals surface area contributed by atoms with Gasteiger partial charge < -0.3 is 15.0 Å². The molecule has 288 valence electrons. The molecule has 57 heavy (non-hydrogen) atoms. The Bertz CT molecular complexity index is 2820. The summed E-state index contributed by atoms with van der Waals surface area (Å²) < 4.78 is 32.6. The van der Waals surface area contributed by atoms with E-state index in [-0.39, 0.29) is 11.3 Å². The molecule has 9 heterocycles. The van der Waals surface area contributed by atoms with Gasteiger partial charge in [-0.1, -0.05) is 6.07 Å². The molecule has 3 aliphatic rings. The third-order valence-electron chi connectivity index (χ3n) is 11.6. The molecule has 2 aromatic carbocycles. The Morgan fingerprint density at radius 3 is 2.19 bits per heavy atom. The molecule has 2 atom stereocenters. The zero-order valence-corrected chi connectivity index (χ0v) is 31.9. The topological polar surface area (TPSA) is 149 Å². The molecular weight excluding hydrogens is 725 g/mol. The van der Waals surface area contributed by atoms with Gasteiger partial charge >= 0.3 is 0 Å². The highest BCUT2D eigenvalue weighted by atomic mass is 19.1. The first-order valence-corrected chi connectivity index (χ1v) is 19.6. The summed E-state index contributed by atoms with van der Waals surface area (Å²) in [5, 5.41) is 28.7. The first kappa shape index (κ1) is 35.5. The van der Waals surface area contributed by atoms with Gasteiger partial charge in [0.15, 0.2) is 28.8 Å². The van der Waals surface area contributed by atoms with Crippen LogP contribution >= 0.6 is 0 Å². The van der Waals surface area contributed by atoms with Gasteiger partial charge in [-0.3, -0.25) is 0 Å². The molecule has 6 aromatic heterocycles. The Labute approximate surface area is 326 Å². The smallest absolute Gasteiger partial charge is 0.202 e. The molecule has 8 aromatic rings. The summed E-state index contributed by atoms with van der Waals surface area (Å²) >= 11 is 0. The van der Waals surface area contributed by atoms with E-state index in [1.165, 1.54) is 37.3 Å². The van der Waals surface area contributed by atoms with E-state index < -0.39 is 5.82 Å². The highest BCUT2D eigenvalue weighted by Gasteiger charge is 2.34. The van der Waals surface area contributed by atoms with Gasteiger partial charge in [-0.05, 0) is 137 Å². The summed E-state index contributed by atoms with van der Waals surface area (Å²) in [7, 11) is 0. The van der Waals surface area contributed by atoms with Crippen molar-refractivity contribution in [1.29, 1.82) is 0 Å². The molecule has 0 aliphatic carbocycles. The molecular formula is C42H41F2N13. The quantitative estimate of drug-likeness (QED) is 0.196. The second-order valence-electron chi connectivity index (χ2n) is 15.8. The molecule has 3 saturated heterocycles. The fourth-order valence-corrected chi connectivity index (χ4v) is 8.84. The lowest BCUT2D eigenvalue weighted by Crippen LogP contribution is -2.37. The number of halogens is 2. The average Bonchev–Trinajstić information content (AvgIpc) is 3.91. The zero-order chi connectivity index (χ0) is 38.8. The molecule has 3 aliphatic heterocycles. The third kappa shape index (κ3) is 6.84. The second kappa shape index (κ2) is 14.2. The van der Waals surface area contributed by atoms with Gasteiger partial charge in [-0.25, -0.2) is 33.2 Å². The van der Waals surface area contributed by atoms with Crippen LogP contribution in [-0.2, 0) is 0 Å². The summed E-state index contributed by atoms with van der Waals surface area (Å²) in [4.78, 5) is 17.7. The zero-order valence-electron chi connectivity index (χ0n) is 31.9. The molecule has 0 spiro atoms. The van der Waals surface area contributed by atoms with Crippen LogP contribution in [0, 0.1) is 32.4 Å². The van der Waals surface area contributed by atoms with Crippen molar-refractivity contribution in [2.24, 2.45) is 0 Å². The van der Waals surface area contributed by atoms with Crippen molar-refractivity contribution in [3.63, 3.8) is 0 Å². The normalized spacial score (nSPS) is 19.8. The number of piperidine rings is 2. The van der Waals surface area contributed by atoms with Crippen LogP contribution in [0.2, 0.25) is 0 Å². The molecule has 2 bridgehead atoms. The van der Waals surface area contributed by atoms with E-state index in [2.05, 4.69) is 68.2 Å². The van der Waals surface area contributed by atoms with Gasteiger partial charge in [-0.2, -0.15) is 5.10 Å². The molecule has 0 radical (unpaired) electrons. The summed E-state index contributed by atoms with van der Waals surface area (Å²) in [5.74, 6) is 0.877. The first-order chi connectivity index (χ1) is 27.7. The largest absolute Gasteiger partial charge is 0.317 e. The Kier molecular flexibility index (Phi) is 8.85. The average molecular weight is 766 g/mol. The fourth-order valence-electron chi connectivity index (χ4n) is 8.84. The minimum atomic E-state index is -0.393. The van der Waals surface area contributed by atoms with Crippen LogP contribution in [0.4, 0.5) is 8.78 Å². The van der Waals surface area contributed by atoms with Gasteiger partial charge in [0.1, 0.15) is 22.2 Å². The fraction of sp³-hybridized carbons (Fsp3) is 0.357. The van der Waals surface area contributed by atoms with Gasteiger partial charge in [0, 0.05) is 30.0 Å². The lowest BCUT2D eigenvalue weighted by Gasteiger charge is -2.29. The SMILES string of the molecule is Cc1cn2cc(-c3nnc4cc(C5CC6CCC(C5)N6)ccc4n3)cc(F)c2n1.Cc1cn2nc(-c3nnc4cc(C5CCNCC5)cc(F)c4n3)cc(C)c2n1. The van der Waals surface area contributed by atoms with Crippen LogP contribution in [0.3, 0.4) is 0 Å². The molecule has 15 heteroatoms. The van der Waals surface area contributed by atoms with Gasteiger partial charge in [0.25, 0.3) is 0 Å². The first-order valence-electron chi connectivity index (χ1n) is 19.6. The second-order valence-corrected chi connectivity index (χ2v) is 15.8. The number of benzene rings is 2. The van der Waals surface area contributed by atoms with Crippen LogP contribution in [0.15, 0.2) is 61.1 Å². The number of fused-ring (bicyclic) bond motifs is 6. The van der Waals surface area contributed by atoms with Crippen LogP contribution in [0.25, 0.3) is 56.3 Å². The van der Waals surface area contributed by atoms with Gasteiger partial charge in [-0.15, -0.1) is 20.4 Å². The lowest BCUT2D eigenvalue weighted by molar-refractivity contribution is 0.363. The number of pyridine rings is 1. The van der Waals surface area contributed by atoms with Gasteiger partial charge in [0.2, 0.25) is 5.82 Å². The van der Waals surface area contributed by atoms with Crippen molar-refractivity contribution in [2.75, 3.05) is 13.1 Å². The van der Waals surface area contributed by atoms with Crippen molar-refractivity contribution < 1.29 is 8.78 Å². The predicted octanol–water partition coefficient (Wildman–Crippen LogP) is 6.74. The van der Waals surface area contributed by atoms with Crippen LogP contribution in [0.5, 0.6) is 0 Å². The summed E-state index contributed by atoms with van der Waals surface area (Å²) in [6.07, 6.45) is 12.4. The number of imidazole rings is 2. The van der Waals surface area contributed by atoms with Crippen molar-refractivity contribution >= 4 is 33.4 Å². The van der Waals surface area contributed by atoms with Crippen molar-refractivity contribution in [2.45, 2.75) is 83.2 Å². The maximum Gasteiger partial charge on any atom is 0.202 e. The number of nitrogens with one attached hydrogen (secondary N) is 2. The third-order valence-corrected chi connectivity index (χ3v) is 11.6. The Morgan fingerprint density at radius 1 is 0.632 bits per heavy atom. The van der Waals surface area contributed by atoms with Crippen LogP contribution in [0.1, 0.15) is 78.4 Å². The number of hydrogen-bond acceptors (Lipinski definition) is 11. The monoisotopic (exact) mass is 765 g/mol.